The minimum absolute atomic E-state index is 0.322. The highest BCUT2D eigenvalue weighted by Crippen LogP contribution is 2.41. The zero-order valence-electron chi connectivity index (χ0n) is 18.4. The minimum atomic E-state index is -3.74. The summed E-state index contributed by atoms with van der Waals surface area (Å²) in [5.41, 5.74) is 5.48. The molecule has 1 N–H and O–H groups in total. The molecule has 1 heterocycles. The van der Waals surface area contributed by atoms with E-state index >= 15 is 0 Å². The number of sulfonamides is 1. The van der Waals surface area contributed by atoms with Crippen molar-refractivity contribution in [2.45, 2.75) is 51.9 Å². The second-order valence-electron chi connectivity index (χ2n) is 9.01. The largest absolute Gasteiger partial charge is 0.460 e. The third-order valence-electron chi connectivity index (χ3n) is 6.62. The predicted octanol–water partition coefficient (Wildman–Crippen LogP) is 6.44. The van der Waals surface area contributed by atoms with Crippen molar-refractivity contribution in [2.24, 2.45) is 5.92 Å². The van der Waals surface area contributed by atoms with Gasteiger partial charge >= 0.3 is 0 Å². The first-order valence-electron chi connectivity index (χ1n) is 10.8. The molecule has 4 nitrogen and oxygen atoms in total. The summed E-state index contributed by atoms with van der Waals surface area (Å²) in [6, 6.07) is 13.5. The van der Waals surface area contributed by atoms with Gasteiger partial charge in [0.25, 0.3) is 10.0 Å². The fraction of sp³-hybridized carbons (Fsp3) is 0.308. The van der Waals surface area contributed by atoms with Gasteiger partial charge in [0.2, 0.25) is 0 Å². The Balaban J connectivity index is 1.71. The molecule has 31 heavy (non-hydrogen) atoms. The first-order chi connectivity index (χ1) is 14.7. The molecule has 0 fully saturated rings. The molecule has 0 amide bonds. The minimum Gasteiger partial charge on any atom is -0.460 e. The van der Waals surface area contributed by atoms with E-state index in [1.165, 1.54) is 5.56 Å². The highest BCUT2D eigenvalue weighted by Gasteiger charge is 2.25. The fourth-order valence-corrected chi connectivity index (χ4v) is 6.16. The van der Waals surface area contributed by atoms with Gasteiger partial charge in [-0.2, -0.15) is 0 Å². The van der Waals surface area contributed by atoms with Crippen LogP contribution in [0.25, 0.3) is 21.7 Å². The maximum absolute atomic E-state index is 13.4. The van der Waals surface area contributed by atoms with Crippen LogP contribution in [0.3, 0.4) is 0 Å². The van der Waals surface area contributed by atoms with Gasteiger partial charge in [0.05, 0.1) is 10.6 Å². The van der Waals surface area contributed by atoms with Gasteiger partial charge in [-0.05, 0) is 68.4 Å². The van der Waals surface area contributed by atoms with Gasteiger partial charge < -0.3 is 4.42 Å². The van der Waals surface area contributed by atoms with E-state index in [1.807, 2.05) is 57.2 Å². The van der Waals surface area contributed by atoms with E-state index in [9.17, 15) is 8.42 Å². The monoisotopic (exact) mass is 433 g/mol. The Hall–Kier alpha value is -2.79. The number of hydrogen-bond acceptors (Lipinski definition) is 3. The highest BCUT2D eigenvalue weighted by molar-refractivity contribution is 7.92. The standard InChI is InChI=1S/C26H27NO3S/c1-15-9-10-24-21(11-15)22-14-23(19-7-5-6-8-20(19)26(22)30-24)27-31(28,29)25-13-17(3)16(2)12-18(25)4/h5-8,12-15,27H,9-11H2,1-4H3/t15-/m1/s1. The van der Waals surface area contributed by atoms with Crippen molar-refractivity contribution >= 4 is 37.5 Å². The summed E-state index contributed by atoms with van der Waals surface area (Å²) in [5, 5.41) is 2.81. The Morgan fingerprint density at radius 1 is 0.935 bits per heavy atom. The molecule has 0 saturated heterocycles. The number of anilines is 1. The van der Waals surface area contributed by atoms with E-state index in [-0.39, 0.29) is 0 Å². The number of aryl methyl sites for hydroxylation is 4. The Morgan fingerprint density at radius 3 is 2.42 bits per heavy atom. The SMILES string of the molecule is Cc1cc(C)c(S(=O)(=O)Nc2cc3c4c(oc3c3ccccc23)CC[C@@H](C)C4)cc1C. The maximum atomic E-state index is 13.4. The van der Waals surface area contributed by atoms with Crippen LogP contribution in [-0.2, 0) is 22.9 Å². The van der Waals surface area contributed by atoms with Crippen molar-refractivity contribution in [2.75, 3.05) is 4.72 Å². The second kappa shape index (κ2) is 7.13. The Kier molecular flexibility index (Phi) is 4.63. The van der Waals surface area contributed by atoms with Crippen molar-refractivity contribution in [3.8, 4) is 0 Å². The van der Waals surface area contributed by atoms with Crippen LogP contribution in [-0.4, -0.2) is 8.42 Å². The van der Waals surface area contributed by atoms with Crippen molar-refractivity contribution in [3.05, 3.63) is 70.5 Å². The van der Waals surface area contributed by atoms with E-state index in [4.69, 9.17) is 4.42 Å². The average molecular weight is 434 g/mol. The topological polar surface area (TPSA) is 59.3 Å². The third-order valence-corrected chi connectivity index (χ3v) is 8.13. The van der Waals surface area contributed by atoms with Crippen LogP contribution in [0.5, 0.6) is 0 Å². The lowest BCUT2D eigenvalue weighted by Crippen LogP contribution is -2.15. The van der Waals surface area contributed by atoms with Crippen LogP contribution in [0.15, 0.2) is 51.8 Å². The molecular weight excluding hydrogens is 406 g/mol. The molecule has 1 aliphatic carbocycles. The number of fused-ring (bicyclic) bond motifs is 5. The molecule has 1 atom stereocenters. The zero-order chi connectivity index (χ0) is 21.9. The zero-order valence-corrected chi connectivity index (χ0v) is 19.2. The quantitative estimate of drug-likeness (QED) is 0.405. The van der Waals surface area contributed by atoms with Crippen molar-refractivity contribution in [1.82, 2.24) is 0 Å². The molecule has 4 aromatic rings. The molecule has 5 rings (SSSR count). The van der Waals surface area contributed by atoms with Gasteiger partial charge in [-0.1, -0.05) is 37.3 Å². The normalized spacial score (nSPS) is 16.6. The molecule has 0 spiro atoms. The molecule has 3 aromatic carbocycles. The number of benzene rings is 3. The smallest absolute Gasteiger partial charge is 0.262 e. The number of rotatable bonds is 3. The lowest BCUT2D eigenvalue weighted by molar-refractivity contribution is 0.439. The van der Waals surface area contributed by atoms with Crippen LogP contribution in [0, 0.1) is 26.7 Å². The lowest BCUT2D eigenvalue weighted by Gasteiger charge is -2.17. The van der Waals surface area contributed by atoms with Gasteiger partial charge in [0, 0.05) is 28.1 Å². The van der Waals surface area contributed by atoms with Gasteiger partial charge in [-0.3, -0.25) is 4.72 Å². The van der Waals surface area contributed by atoms with E-state index < -0.39 is 10.0 Å². The van der Waals surface area contributed by atoms with Crippen LogP contribution in [0.1, 0.15) is 41.4 Å². The molecule has 160 valence electrons. The third kappa shape index (κ3) is 3.32. The van der Waals surface area contributed by atoms with E-state index in [0.29, 0.717) is 16.5 Å². The van der Waals surface area contributed by atoms with E-state index in [0.717, 1.165) is 63.5 Å². The van der Waals surface area contributed by atoms with Crippen molar-refractivity contribution < 1.29 is 12.8 Å². The van der Waals surface area contributed by atoms with Gasteiger partial charge in [-0.25, -0.2) is 8.42 Å². The molecule has 0 saturated carbocycles. The Bertz CT molecular complexity index is 1450. The average Bonchev–Trinajstić information content (AvgIpc) is 3.08. The molecule has 1 aromatic heterocycles. The van der Waals surface area contributed by atoms with Crippen LogP contribution in [0.2, 0.25) is 0 Å². The lowest BCUT2D eigenvalue weighted by atomic mass is 9.87. The fourth-order valence-electron chi connectivity index (χ4n) is 4.78. The summed E-state index contributed by atoms with van der Waals surface area (Å²) in [6.07, 6.45) is 3.02. The first kappa shape index (κ1) is 20.1. The van der Waals surface area contributed by atoms with Gasteiger partial charge in [0.15, 0.2) is 0 Å². The molecular formula is C26H27NO3S. The second-order valence-corrected chi connectivity index (χ2v) is 10.7. The van der Waals surface area contributed by atoms with Crippen LogP contribution in [0.4, 0.5) is 5.69 Å². The van der Waals surface area contributed by atoms with E-state index in [1.54, 1.807) is 6.07 Å². The summed E-state index contributed by atoms with van der Waals surface area (Å²) in [4.78, 5) is 0.322. The summed E-state index contributed by atoms with van der Waals surface area (Å²) >= 11 is 0. The summed E-state index contributed by atoms with van der Waals surface area (Å²) in [6.45, 7) is 8.04. The summed E-state index contributed by atoms with van der Waals surface area (Å²) in [5.74, 6) is 1.64. The highest BCUT2D eigenvalue weighted by atomic mass is 32.2. The molecule has 0 aliphatic heterocycles. The number of nitrogens with one attached hydrogen (secondary N) is 1. The first-order valence-corrected chi connectivity index (χ1v) is 12.3. The molecule has 1 aliphatic rings. The molecule has 0 radical (unpaired) electrons. The summed E-state index contributed by atoms with van der Waals surface area (Å²) < 4.78 is 36.0. The number of furan rings is 1. The predicted molar refractivity (Wildman–Crippen MR) is 126 cm³/mol. The summed E-state index contributed by atoms with van der Waals surface area (Å²) in [7, 11) is -3.74. The van der Waals surface area contributed by atoms with Crippen molar-refractivity contribution in [1.29, 1.82) is 0 Å². The number of hydrogen-bond donors (Lipinski definition) is 1. The molecule has 0 bridgehead atoms. The van der Waals surface area contributed by atoms with Gasteiger partial charge in [-0.15, -0.1) is 0 Å². The Morgan fingerprint density at radius 2 is 1.65 bits per heavy atom. The van der Waals surface area contributed by atoms with Gasteiger partial charge in [0.1, 0.15) is 11.3 Å². The van der Waals surface area contributed by atoms with Crippen molar-refractivity contribution in [3.63, 3.8) is 0 Å². The maximum Gasteiger partial charge on any atom is 0.262 e. The molecule has 0 unspecified atom stereocenters. The van der Waals surface area contributed by atoms with Crippen LogP contribution < -0.4 is 4.72 Å². The Labute approximate surface area is 183 Å². The molecule has 5 heteroatoms. The van der Waals surface area contributed by atoms with Crippen LogP contribution >= 0.6 is 0 Å². The van der Waals surface area contributed by atoms with E-state index in [2.05, 4.69) is 11.6 Å².